The summed E-state index contributed by atoms with van der Waals surface area (Å²) in [4.78, 5) is 38.1. The minimum Gasteiger partial charge on any atom is -0.507 e. The molecule has 2 heterocycles. The summed E-state index contributed by atoms with van der Waals surface area (Å²) < 4.78 is 11.6. The number of aromatic nitrogens is 1. The van der Waals surface area contributed by atoms with E-state index in [1.807, 2.05) is 18.2 Å². The average Bonchev–Trinajstić information content (AvgIpc) is 2.75. The van der Waals surface area contributed by atoms with Gasteiger partial charge in [-0.3, -0.25) is 9.59 Å². The molecule has 0 aliphatic heterocycles. The minimum atomic E-state index is -1.04. The number of ether oxygens (including phenoxy) is 1. The van der Waals surface area contributed by atoms with Crippen molar-refractivity contribution in [3.05, 3.63) is 86.5 Å². The first-order chi connectivity index (χ1) is 14.4. The predicted octanol–water partition coefficient (Wildman–Crippen LogP) is 3.05. The van der Waals surface area contributed by atoms with Crippen LogP contribution in [0.25, 0.3) is 21.9 Å². The molecule has 4 rings (SSSR count). The van der Waals surface area contributed by atoms with Gasteiger partial charge in [-0.15, -0.1) is 0 Å². The van der Waals surface area contributed by atoms with Gasteiger partial charge in [0.15, 0.2) is 0 Å². The third kappa shape index (κ3) is 3.14. The molecule has 0 aliphatic rings. The minimum absolute atomic E-state index is 0.147. The van der Waals surface area contributed by atoms with Gasteiger partial charge in [-0.2, -0.15) is 0 Å². The van der Waals surface area contributed by atoms with E-state index < -0.39 is 17.5 Å². The third-order valence-electron chi connectivity index (χ3n) is 5.30. The summed E-state index contributed by atoms with van der Waals surface area (Å²) >= 11 is 0. The molecule has 1 atom stereocenters. The molecule has 2 aromatic heterocycles. The number of fused-ring (bicyclic) bond motifs is 2. The van der Waals surface area contributed by atoms with E-state index in [1.165, 1.54) is 11.7 Å². The Morgan fingerprint density at radius 1 is 1.13 bits per heavy atom. The van der Waals surface area contributed by atoms with Crippen LogP contribution >= 0.6 is 0 Å². The second-order valence-corrected chi connectivity index (χ2v) is 7.00. The molecule has 0 saturated heterocycles. The van der Waals surface area contributed by atoms with Crippen molar-refractivity contribution in [2.24, 2.45) is 7.05 Å². The number of hydrogen-bond donors (Lipinski definition) is 1. The van der Waals surface area contributed by atoms with Crippen LogP contribution in [0.1, 0.15) is 23.5 Å². The molecule has 0 radical (unpaired) electrons. The molecule has 7 heteroatoms. The molecule has 4 aromatic rings. The summed E-state index contributed by atoms with van der Waals surface area (Å²) in [5.41, 5.74) is -0.222. The van der Waals surface area contributed by atoms with Gasteiger partial charge in [-0.1, -0.05) is 30.3 Å². The van der Waals surface area contributed by atoms with Gasteiger partial charge in [0.05, 0.1) is 30.0 Å². The molecular weight excluding hydrogens is 386 g/mol. The fraction of sp³-hybridized carbons (Fsp3) is 0.174. The van der Waals surface area contributed by atoms with Crippen molar-refractivity contribution in [2.45, 2.75) is 12.3 Å². The molecule has 2 aromatic carbocycles. The Kier molecular flexibility index (Phi) is 4.87. The SMILES string of the molecule is COC(=O)CC(c1c(O)c2ccccc2oc1=O)c1cc2ccccc2n(C)c1=O. The fourth-order valence-electron chi connectivity index (χ4n) is 3.77. The lowest BCUT2D eigenvalue weighted by Crippen LogP contribution is -2.27. The second-order valence-electron chi connectivity index (χ2n) is 7.00. The number of methoxy groups -OCH3 is 1. The number of aromatic hydroxyl groups is 1. The molecule has 0 saturated carbocycles. The van der Waals surface area contributed by atoms with Crippen LogP contribution in [0.3, 0.4) is 0 Å². The van der Waals surface area contributed by atoms with E-state index in [2.05, 4.69) is 0 Å². The van der Waals surface area contributed by atoms with Crippen LogP contribution < -0.4 is 11.2 Å². The Morgan fingerprint density at radius 3 is 2.60 bits per heavy atom. The monoisotopic (exact) mass is 405 g/mol. The maximum Gasteiger partial charge on any atom is 0.343 e. The lowest BCUT2D eigenvalue weighted by atomic mass is 9.88. The quantitative estimate of drug-likeness (QED) is 0.414. The molecule has 0 bridgehead atoms. The molecular formula is C23H19NO6. The van der Waals surface area contributed by atoms with Crippen LogP contribution in [0.15, 0.2) is 68.6 Å². The van der Waals surface area contributed by atoms with E-state index in [-0.39, 0.29) is 34.4 Å². The zero-order valence-corrected chi connectivity index (χ0v) is 16.4. The largest absolute Gasteiger partial charge is 0.507 e. The van der Waals surface area contributed by atoms with Crippen LogP contribution in [0.5, 0.6) is 5.75 Å². The average molecular weight is 405 g/mol. The Labute approximate surface area is 170 Å². The maximum absolute atomic E-state index is 13.2. The van der Waals surface area contributed by atoms with Crippen LogP contribution in [0.2, 0.25) is 0 Å². The lowest BCUT2D eigenvalue weighted by Gasteiger charge is -2.18. The van der Waals surface area contributed by atoms with E-state index >= 15 is 0 Å². The van der Waals surface area contributed by atoms with Crippen molar-refractivity contribution in [2.75, 3.05) is 7.11 Å². The molecule has 0 fully saturated rings. The van der Waals surface area contributed by atoms with Crippen LogP contribution in [-0.4, -0.2) is 22.8 Å². The van der Waals surface area contributed by atoms with Gasteiger partial charge < -0.3 is 18.8 Å². The number of benzene rings is 2. The summed E-state index contributed by atoms with van der Waals surface area (Å²) in [5, 5.41) is 12.0. The maximum atomic E-state index is 13.2. The van der Waals surface area contributed by atoms with Crippen LogP contribution in [0, 0.1) is 0 Å². The van der Waals surface area contributed by atoms with Gasteiger partial charge in [-0.25, -0.2) is 4.79 Å². The summed E-state index contributed by atoms with van der Waals surface area (Å²) in [5.74, 6) is -1.98. The summed E-state index contributed by atoms with van der Waals surface area (Å²) in [6, 6.07) is 15.4. The lowest BCUT2D eigenvalue weighted by molar-refractivity contribution is -0.140. The summed E-state index contributed by atoms with van der Waals surface area (Å²) in [7, 11) is 2.84. The molecule has 0 spiro atoms. The van der Waals surface area contributed by atoms with Crippen LogP contribution in [0.4, 0.5) is 0 Å². The molecule has 152 valence electrons. The standard InChI is InChI=1S/C23H19NO6/c1-24-17-9-5-3-7-13(17)11-16(22(24)27)15(12-19(25)29-2)20-21(26)14-8-4-6-10-18(14)30-23(20)28/h3-11,15,26H,12H2,1-2H3. The van der Waals surface area contributed by atoms with Gasteiger partial charge in [0, 0.05) is 18.5 Å². The number of carbonyl (C=O) groups is 1. The number of aryl methyl sites for hydroxylation is 1. The first kappa shape index (κ1) is 19.4. The molecule has 1 unspecified atom stereocenters. The topological polar surface area (TPSA) is 98.7 Å². The van der Waals surface area contributed by atoms with E-state index in [0.29, 0.717) is 10.9 Å². The van der Waals surface area contributed by atoms with Gasteiger partial charge >= 0.3 is 11.6 Å². The van der Waals surface area contributed by atoms with Crippen molar-refractivity contribution in [3.63, 3.8) is 0 Å². The number of pyridine rings is 1. The highest BCUT2D eigenvalue weighted by atomic mass is 16.5. The molecule has 0 aliphatic carbocycles. The zero-order valence-electron chi connectivity index (χ0n) is 16.4. The van der Waals surface area contributed by atoms with Crippen molar-refractivity contribution in [3.8, 4) is 5.75 Å². The van der Waals surface area contributed by atoms with Gasteiger partial charge in [-0.05, 0) is 29.7 Å². The first-order valence-corrected chi connectivity index (χ1v) is 9.32. The van der Waals surface area contributed by atoms with E-state index in [4.69, 9.17) is 9.15 Å². The first-order valence-electron chi connectivity index (χ1n) is 9.32. The number of nitrogens with zero attached hydrogens (tertiary/aromatic N) is 1. The number of esters is 1. The molecule has 0 amide bonds. The van der Waals surface area contributed by atoms with Gasteiger partial charge in [0.2, 0.25) is 0 Å². The Balaban J connectivity index is 2.04. The summed E-state index contributed by atoms with van der Waals surface area (Å²) in [6.07, 6.45) is -0.305. The Bertz CT molecular complexity index is 1400. The van der Waals surface area contributed by atoms with Crippen molar-refractivity contribution in [1.82, 2.24) is 4.57 Å². The number of carbonyl (C=O) groups excluding carboxylic acids is 1. The molecule has 30 heavy (non-hydrogen) atoms. The van der Waals surface area contributed by atoms with Gasteiger partial charge in [0.1, 0.15) is 11.3 Å². The van der Waals surface area contributed by atoms with Crippen LogP contribution in [-0.2, 0) is 16.6 Å². The molecule has 7 nitrogen and oxygen atoms in total. The van der Waals surface area contributed by atoms with Gasteiger partial charge in [0.25, 0.3) is 5.56 Å². The number of para-hydroxylation sites is 2. The van der Waals surface area contributed by atoms with Crippen molar-refractivity contribution >= 4 is 27.8 Å². The summed E-state index contributed by atoms with van der Waals surface area (Å²) in [6.45, 7) is 0. The van der Waals surface area contributed by atoms with Crippen molar-refractivity contribution in [1.29, 1.82) is 0 Å². The number of rotatable bonds is 4. The smallest absolute Gasteiger partial charge is 0.343 e. The highest BCUT2D eigenvalue weighted by Gasteiger charge is 2.30. The normalized spacial score (nSPS) is 12.2. The zero-order chi connectivity index (χ0) is 21.4. The predicted molar refractivity (Wildman–Crippen MR) is 112 cm³/mol. The van der Waals surface area contributed by atoms with Crippen molar-refractivity contribution < 1.29 is 19.1 Å². The highest BCUT2D eigenvalue weighted by molar-refractivity contribution is 5.85. The second kappa shape index (κ2) is 7.51. The van der Waals surface area contributed by atoms with E-state index in [9.17, 15) is 19.5 Å². The Morgan fingerprint density at radius 2 is 1.83 bits per heavy atom. The number of hydrogen-bond acceptors (Lipinski definition) is 6. The van der Waals surface area contributed by atoms with E-state index in [1.54, 1.807) is 43.4 Å². The molecule has 1 N–H and O–H groups in total. The third-order valence-corrected chi connectivity index (χ3v) is 5.30. The van der Waals surface area contributed by atoms with E-state index in [0.717, 1.165) is 5.39 Å². The fourth-order valence-corrected chi connectivity index (χ4v) is 3.77. The Hall–Kier alpha value is -3.87. The highest BCUT2D eigenvalue weighted by Crippen LogP contribution is 2.35.